The molecule has 0 aromatic heterocycles. The van der Waals surface area contributed by atoms with Crippen LogP contribution in [0.15, 0.2) is 18.2 Å². The van der Waals surface area contributed by atoms with Crippen molar-refractivity contribution in [2.24, 2.45) is 0 Å². The fraction of sp³-hybridized carbons (Fsp3) is 0.357. The maximum atomic E-state index is 10.7. The van der Waals surface area contributed by atoms with Gasteiger partial charge in [0.05, 0.1) is 13.7 Å². The van der Waals surface area contributed by atoms with Crippen LogP contribution in [-0.4, -0.2) is 20.0 Å². The molecule has 0 saturated carbocycles. The first-order chi connectivity index (χ1) is 8.31. The van der Waals surface area contributed by atoms with Crippen molar-refractivity contribution < 1.29 is 14.3 Å². The van der Waals surface area contributed by atoms with Crippen LogP contribution >= 0.6 is 0 Å². The molecule has 0 aliphatic rings. The molecule has 17 heavy (non-hydrogen) atoms. The molecule has 0 bridgehead atoms. The number of ether oxygens (including phenoxy) is 2. The van der Waals surface area contributed by atoms with E-state index < -0.39 is 0 Å². The number of methoxy groups -OCH3 is 1. The Morgan fingerprint density at radius 1 is 1.35 bits per heavy atom. The van der Waals surface area contributed by atoms with E-state index in [9.17, 15) is 4.79 Å². The van der Waals surface area contributed by atoms with E-state index >= 15 is 0 Å². The van der Waals surface area contributed by atoms with Crippen molar-refractivity contribution in [1.29, 1.82) is 0 Å². The molecule has 90 valence electrons. The van der Waals surface area contributed by atoms with Crippen molar-refractivity contribution in [3.63, 3.8) is 0 Å². The zero-order valence-electron chi connectivity index (χ0n) is 9.94. The Bertz CT molecular complexity index is 404. The van der Waals surface area contributed by atoms with Crippen molar-refractivity contribution >= 4 is 6.29 Å². The highest BCUT2D eigenvalue weighted by Gasteiger charge is 2.05. The lowest BCUT2D eigenvalue weighted by Gasteiger charge is -2.10. The van der Waals surface area contributed by atoms with E-state index in [-0.39, 0.29) is 0 Å². The van der Waals surface area contributed by atoms with Gasteiger partial charge < -0.3 is 9.47 Å². The molecule has 0 amide bonds. The SMILES string of the molecule is C#CCCCCOc1cc(C=O)ccc1OC. The molecule has 0 radical (unpaired) electrons. The second kappa shape index (κ2) is 7.34. The van der Waals surface area contributed by atoms with E-state index in [1.165, 1.54) is 0 Å². The number of carbonyl (C=O) groups is 1. The molecular formula is C14H16O3. The maximum absolute atomic E-state index is 10.7. The fourth-order valence-corrected chi connectivity index (χ4v) is 1.39. The lowest BCUT2D eigenvalue weighted by atomic mass is 10.2. The summed E-state index contributed by atoms with van der Waals surface area (Å²) in [6, 6.07) is 5.09. The molecular weight excluding hydrogens is 216 g/mol. The van der Waals surface area contributed by atoms with Gasteiger partial charge in [-0.05, 0) is 31.0 Å². The summed E-state index contributed by atoms with van der Waals surface area (Å²) in [5.74, 6) is 3.81. The molecule has 0 aliphatic carbocycles. The summed E-state index contributed by atoms with van der Waals surface area (Å²) in [5.41, 5.74) is 0.574. The van der Waals surface area contributed by atoms with Gasteiger partial charge in [0, 0.05) is 12.0 Å². The predicted octanol–water partition coefficient (Wildman–Crippen LogP) is 2.69. The van der Waals surface area contributed by atoms with Crippen molar-refractivity contribution in [3.8, 4) is 23.8 Å². The number of terminal acetylenes is 1. The van der Waals surface area contributed by atoms with Gasteiger partial charge in [0.2, 0.25) is 0 Å². The molecule has 0 unspecified atom stereocenters. The summed E-state index contributed by atoms with van der Waals surface area (Å²) < 4.78 is 10.7. The molecule has 0 aliphatic heterocycles. The number of benzene rings is 1. The van der Waals surface area contributed by atoms with Crippen molar-refractivity contribution in [2.45, 2.75) is 19.3 Å². The van der Waals surface area contributed by atoms with Crippen LogP contribution in [0.5, 0.6) is 11.5 Å². The van der Waals surface area contributed by atoms with Gasteiger partial charge in [-0.2, -0.15) is 0 Å². The van der Waals surface area contributed by atoms with E-state index in [1.807, 2.05) is 0 Å². The van der Waals surface area contributed by atoms with Gasteiger partial charge in [-0.1, -0.05) is 0 Å². The van der Waals surface area contributed by atoms with Gasteiger partial charge in [-0.3, -0.25) is 4.79 Å². The first-order valence-electron chi connectivity index (χ1n) is 5.51. The zero-order valence-corrected chi connectivity index (χ0v) is 9.94. The molecule has 0 atom stereocenters. The first-order valence-corrected chi connectivity index (χ1v) is 5.51. The van der Waals surface area contributed by atoms with Gasteiger partial charge in [0.15, 0.2) is 11.5 Å². The lowest BCUT2D eigenvalue weighted by molar-refractivity contribution is 0.112. The summed E-state index contributed by atoms with van der Waals surface area (Å²) in [4.78, 5) is 10.7. The van der Waals surface area contributed by atoms with Crippen LogP contribution in [0.1, 0.15) is 29.6 Å². The highest BCUT2D eigenvalue weighted by Crippen LogP contribution is 2.27. The molecule has 1 aromatic rings. The Balaban J connectivity index is 2.56. The smallest absolute Gasteiger partial charge is 0.161 e. The number of hydrogen-bond acceptors (Lipinski definition) is 3. The quantitative estimate of drug-likeness (QED) is 0.412. The third-order valence-corrected chi connectivity index (χ3v) is 2.30. The van der Waals surface area contributed by atoms with Crippen LogP contribution in [0.25, 0.3) is 0 Å². The summed E-state index contributed by atoms with van der Waals surface area (Å²) in [5, 5.41) is 0. The van der Waals surface area contributed by atoms with Crippen LogP contribution in [-0.2, 0) is 0 Å². The molecule has 1 rings (SSSR count). The first kappa shape index (κ1) is 13.1. The Kier molecular flexibility index (Phi) is 5.67. The van der Waals surface area contributed by atoms with Gasteiger partial charge in [-0.25, -0.2) is 0 Å². The normalized spacial score (nSPS) is 9.41. The van der Waals surface area contributed by atoms with Gasteiger partial charge in [-0.15, -0.1) is 12.3 Å². The standard InChI is InChI=1S/C14H16O3/c1-3-4-5-6-9-17-14-10-12(11-15)7-8-13(14)16-2/h1,7-8,10-11H,4-6,9H2,2H3. The van der Waals surface area contributed by atoms with E-state index in [2.05, 4.69) is 5.92 Å². The van der Waals surface area contributed by atoms with E-state index in [0.717, 1.165) is 25.5 Å². The number of unbranched alkanes of at least 4 members (excludes halogenated alkanes) is 2. The summed E-state index contributed by atoms with van der Waals surface area (Å²) in [7, 11) is 1.57. The lowest BCUT2D eigenvalue weighted by Crippen LogP contribution is -2.00. The largest absolute Gasteiger partial charge is 0.493 e. The Labute approximate surface area is 102 Å². The highest BCUT2D eigenvalue weighted by atomic mass is 16.5. The van der Waals surface area contributed by atoms with Crippen molar-refractivity contribution in [3.05, 3.63) is 23.8 Å². The second-order valence-corrected chi connectivity index (χ2v) is 3.54. The van der Waals surface area contributed by atoms with E-state index in [0.29, 0.717) is 23.7 Å². The van der Waals surface area contributed by atoms with Crippen LogP contribution in [0, 0.1) is 12.3 Å². The van der Waals surface area contributed by atoms with Gasteiger partial charge in [0.25, 0.3) is 0 Å². The molecule has 3 heteroatoms. The zero-order chi connectivity index (χ0) is 12.5. The van der Waals surface area contributed by atoms with Crippen LogP contribution in [0.2, 0.25) is 0 Å². The second-order valence-electron chi connectivity index (χ2n) is 3.54. The summed E-state index contributed by atoms with van der Waals surface area (Å²) in [6.45, 7) is 0.570. The minimum atomic E-state index is 0.570. The Hall–Kier alpha value is -1.95. The van der Waals surface area contributed by atoms with Gasteiger partial charge >= 0.3 is 0 Å². The third-order valence-electron chi connectivity index (χ3n) is 2.30. The van der Waals surface area contributed by atoms with Crippen LogP contribution < -0.4 is 9.47 Å². The number of carbonyl (C=O) groups excluding carboxylic acids is 1. The minimum absolute atomic E-state index is 0.570. The monoisotopic (exact) mass is 232 g/mol. The third kappa shape index (κ3) is 4.20. The molecule has 0 heterocycles. The Morgan fingerprint density at radius 2 is 2.18 bits per heavy atom. The molecule has 0 fully saturated rings. The Morgan fingerprint density at radius 3 is 2.82 bits per heavy atom. The maximum Gasteiger partial charge on any atom is 0.161 e. The van der Waals surface area contributed by atoms with E-state index in [1.54, 1.807) is 25.3 Å². The number of aldehydes is 1. The van der Waals surface area contributed by atoms with Crippen LogP contribution in [0.4, 0.5) is 0 Å². The molecule has 0 saturated heterocycles. The number of rotatable bonds is 7. The molecule has 1 aromatic carbocycles. The average Bonchev–Trinajstić information content (AvgIpc) is 2.38. The average molecular weight is 232 g/mol. The summed E-state index contributed by atoms with van der Waals surface area (Å²) >= 11 is 0. The van der Waals surface area contributed by atoms with Gasteiger partial charge in [0.1, 0.15) is 6.29 Å². The number of hydrogen-bond donors (Lipinski definition) is 0. The highest BCUT2D eigenvalue weighted by molar-refractivity contribution is 5.76. The molecule has 0 spiro atoms. The summed E-state index contributed by atoms with van der Waals surface area (Å²) in [6.07, 6.45) is 8.52. The van der Waals surface area contributed by atoms with E-state index in [4.69, 9.17) is 15.9 Å². The fourth-order valence-electron chi connectivity index (χ4n) is 1.39. The topological polar surface area (TPSA) is 35.5 Å². The van der Waals surface area contributed by atoms with Crippen LogP contribution in [0.3, 0.4) is 0 Å². The van der Waals surface area contributed by atoms with Crippen molar-refractivity contribution in [2.75, 3.05) is 13.7 Å². The predicted molar refractivity (Wildman–Crippen MR) is 66.6 cm³/mol. The molecule has 3 nitrogen and oxygen atoms in total. The van der Waals surface area contributed by atoms with Crippen molar-refractivity contribution in [1.82, 2.24) is 0 Å². The molecule has 0 N–H and O–H groups in total. The minimum Gasteiger partial charge on any atom is -0.493 e.